The molecule has 0 amide bonds. The number of benzene rings is 1. The molecule has 154 valence electrons. The number of nitrogens with zero attached hydrogens (tertiary/aromatic N) is 3. The van der Waals surface area contributed by atoms with E-state index in [0.717, 1.165) is 21.3 Å². The molecule has 11 heteroatoms. The van der Waals surface area contributed by atoms with Crippen molar-refractivity contribution in [2.45, 2.75) is 29.8 Å². The number of thiophene rings is 1. The third-order valence-electron chi connectivity index (χ3n) is 4.73. The summed E-state index contributed by atoms with van der Waals surface area (Å²) in [7, 11) is -4.33. The summed E-state index contributed by atoms with van der Waals surface area (Å²) in [5.41, 5.74) is -1.17. The molecule has 3 heterocycles. The molecule has 6 nitrogen and oxygen atoms in total. The zero-order valence-corrected chi connectivity index (χ0v) is 16.6. The summed E-state index contributed by atoms with van der Waals surface area (Å²) >= 11 is 1.44. The van der Waals surface area contributed by atoms with Crippen LogP contribution in [0.4, 0.5) is 13.2 Å². The molecule has 4 rings (SSSR count). The van der Waals surface area contributed by atoms with E-state index in [-0.39, 0.29) is 24.9 Å². The van der Waals surface area contributed by atoms with Gasteiger partial charge >= 0.3 is 6.18 Å². The second-order valence-corrected chi connectivity index (χ2v) is 9.48. The molecule has 1 aliphatic rings. The second kappa shape index (κ2) is 7.54. The summed E-state index contributed by atoms with van der Waals surface area (Å²) in [4.78, 5) is 4.43. The Balaban J connectivity index is 1.60. The van der Waals surface area contributed by atoms with E-state index in [2.05, 4.69) is 10.1 Å². The standard InChI is InChI=1S/C18H16F3N3O3S2/c19-18(20,21)13-6-1-2-8-15(13)29(25,26)24-9-3-5-12(11-24)17-22-16(23-27-17)14-7-4-10-28-14/h1-2,4,6-8,10,12H,3,5,9,11H2/t12-/m0/s1. The van der Waals surface area contributed by atoms with Crippen LogP contribution in [0.25, 0.3) is 10.7 Å². The lowest BCUT2D eigenvalue weighted by Gasteiger charge is -2.30. The van der Waals surface area contributed by atoms with Gasteiger partial charge in [-0.15, -0.1) is 11.3 Å². The average Bonchev–Trinajstić information content (AvgIpc) is 3.39. The van der Waals surface area contributed by atoms with Crippen LogP contribution in [0, 0.1) is 0 Å². The van der Waals surface area contributed by atoms with Crippen LogP contribution in [0.2, 0.25) is 0 Å². The highest BCUT2D eigenvalue weighted by Gasteiger charge is 2.40. The lowest BCUT2D eigenvalue weighted by molar-refractivity contribution is -0.139. The predicted molar refractivity (Wildman–Crippen MR) is 99.8 cm³/mol. The zero-order valence-electron chi connectivity index (χ0n) is 15.0. The molecule has 0 aliphatic carbocycles. The van der Waals surface area contributed by atoms with Crippen molar-refractivity contribution in [2.24, 2.45) is 0 Å². The van der Waals surface area contributed by atoms with E-state index < -0.39 is 26.7 Å². The number of alkyl halides is 3. The molecule has 1 fully saturated rings. The minimum Gasteiger partial charge on any atom is -0.339 e. The molecule has 1 aromatic carbocycles. The van der Waals surface area contributed by atoms with E-state index in [9.17, 15) is 21.6 Å². The number of piperidine rings is 1. The van der Waals surface area contributed by atoms with Crippen molar-refractivity contribution < 1.29 is 26.1 Å². The van der Waals surface area contributed by atoms with E-state index in [1.807, 2.05) is 17.5 Å². The summed E-state index contributed by atoms with van der Waals surface area (Å²) in [5.74, 6) is 0.326. The fraction of sp³-hybridized carbons (Fsp3) is 0.333. The van der Waals surface area contributed by atoms with Gasteiger partial charge in [-0.25, -0.2) is 8.42 Å². The summed E-state index contributed by atoms with van der Waals surface area (Å²) in [5, 5.41) is 5.81. The molecule has 3 aromatic rings. The highest BCUT2D eigenvalue weighted by Crippen LogP contribution is 2.37. The van der Waals surface area contributed by atoms with Gasteiger partial charge in [0.2, 0.25) is 21.7 Å². The molecule has 0 spiro atoms. The second-order valence-electron chi connectivity index (χ2n) is 6.63. The normalized spacial score (nSPS) is 18.8. The molecular formula is C18H16F3N3O3S2. The predicted octanol–water partition coefficient (Wildman–Crippen LogP) is 4.39. The Bertz CT molecular complexity index is 1100. The van der Waals surface area contributed by atoms with Gasteiger partial charge in [0.25, 0.3) is 0 Å². The van der Waals surface area contributed by atoms with E-state index in [1.54, 1.807) is 0 Å². The van der Waals surface area contributed by atoms with Crippen molar-refractivity contribution in [1.29, 1.82) is 0 Å². The van der Waals surface area contributed by atoms with Gasteiger partial charge in [0.05, 0.1) is 21.3 Å². The highest BCUT2D eigenvalue weighted by atomic mass is 32.2. The minimum atomic E-state index is -4.76. The van der Waals surface area contributed by atoms with Gasteiger partial charge in [-0.2, -0.15) is 22.5 Å². The van der Waals surface area contributed by atoms with Gasteiger partial charge in [0, 0.05) is 13.1 Å². The molecule has 0 radical (unpaired) electrons. The van der Waals surface area contributed by atoms with Crippen molar-refractivity contribution in [3.8, 4) is 10.7 Å². The fourth-order valence-electron chi connectivity index (χ4n) is 3.33. The van der Waals surface area contributed by atoms with Crippen molar-refractivity contribution in [3.05, 3.63) is 53.2 Å². The number of halogens is 3. The smallest absolute Gasteiger partial charge is 0.339 e. The maximum atomic E-state index is 13.3. The van der Waals surface area contributed by atoms with Crippen LogP contribution < -0.4 is 0 Å². The van der Waals surface area contributed by atoms with Crippen LogP contribution in [0.3, 0.4) is 0 Å². The Hall–Kier alpha value is -2.24. The summed E-state index contributed by atoms with van der Waals surface area (Å²) < 4.78 is 72.3. The molecular weight excluding hydrogens is 427 g/mol. The van der Waals surface area contributed by atoms with Crippen LogP contribution >= 0.6 is 11.3 Å². The van der Waals surface area contributed by atoms with E-state index in [1.165, 1.54) is 23.5 Å². The zero-order chi connectivity index (χ0) is 20.6. The topological polar surface area (TPSA) is 76.3 Å². The lowest BCUT2D eigenvalue weighted by atomic mass is 10.00. The SMILES string of the molecule is O=S(=O)(c1ccccc1C(F)(F)F)N1CCC[C@H](c2nc(-c3cccs3)no2)C1. The Morgan fingerprint density at radius 2 is 1.97 bits per heavy atom. The minimum absolute atomic E-state index is 0.0133. The van der Waals surface area contributed by atoms with Gasteiger partial charge in [-0.3, -0.25) is 0 Å². The quantitative estimate of drug-likeness (QED) is 0.598. The maximum Gasteiger partial charge on any atom is 0.417 e. The molecule has 29 heavy (non-hydrogen) atoms. The molecule has 0 saturated carbocycles. The molecule has 0 N–H and O–H groups in total. The molecule has 1 atom stereocenters. The fourth-order valence-corrected chi connectivity index (χ4v) is 5.72. The van der Waals surface area contributed by atoms with Crippen molar-refractivity contribution in [2.75, 3.05) is 13.1 Å². The number of sulfonamides is 1. The largest absolute Gasteiger partial charge is 0.417 e. The van der Waals surface area contributed by atoms with Crippen LogP contribution in [-0.4, -0.2) is 36.0 Å². The third kappa shape index (κ3) is 3.94. The van der Waals surface area contributed by atoms with Gasteiger partial charge in [-0.05, 0) is 36.4 Å². The van der Waals surface area contributed by atoms with Crippen molar-refractivity contribution in [1.82, 2.24) is 14.4 Å². The first kappa shape index (κ1) is 20.0. The van der Waals surface area contributed by atoms with E-state index in [0.29, 0.717) is 18.7 Å². The Labute approximate surface area is 169 Å². The molecule has 1 aliphatic heterocycles. The van der Waals surface area contributed by atoms with Crippen molar-refractivity contribution in [3.63, 3.8) is 0 Å². The first-order chi connectivity index (χ1) is 13.8. The number of rotatable bonds is 4. The number of hydrogen-bond acceptors (Lipinski definition) is 6. The van der Waals surface area contributed by atoms with Gasteiger partial charge < -0.3 is 4.52 Å². The molecule has 2 aromatic heterocycles. The van der Waals surface area contributed by atoms with E-state index in [4.69, 9.17) is 4.52 Å². The van der Waals surface area contributed by atoms with Crippen LogP contribution in [0.5, 0.6) is 0 Å². The van der Waals surface area contributed by atoms with Crippen LogP contribution in [-0.2, 0) is 16.2 Å². The first-order valence-electron chi connectivity index (χ1n) is 8.80. The van der Waals surface area contributed by atoms with E-state index >= 15 is 0 Å². The number of hydrogen-bond donors (Lipinski definition) is 0. The summed E-state index contributed by atoms with van der Waals surface area (Å²) in [6, 6.07) is 7.91. The molecule has 0 unspecified atom stereocenters. The summed E-state index contributed by atoms with van der Waals surface area (Å²) in [6.45, 7) is 0.123. The Morgan fingerprint density at radius 3 is 2.69 bits per heavy atom. The highest BCUT2D eigenvalue weighted by molar-refractivity contribution is 7.89. The summed E-state index contributed by atoms with van der Waals surface area (Å²) in [6.07, 6.45) is -3.67. The Kier molecular flexibility index (Phi) is 5.21. The van der Waals surface area contributed by atoms with Crippen LogP contribution in [0.15, 0.2) is 51.2 Å². The number of aromatic nitrogens is 2. The van der Waals surface area contributed by atoms with Gasteiger partial charge in [-0.1, -0.05) is 23.4 Å². The van der Waals surface area contributed by atoms with Crippen LogP contribution in [0.1, 0.15) is 30.2 Å². The first-order valence-corrected chi connectivity index (χ1v) is 11.1. The molecule has 0 bridgehead atoms. The van der Waals surface area contributed by atoms with Gasteiger partial charge in [0.1, 0.15) is 0 Å². The van der Waals surface area contributed by atoms with Crippen molar-refractivity contribution >= 4 is 21.4 Å². The third-order valence-corrected chi connectivity index (χ3v) is 7.52. The Morgan fingerprint density at radius 1 is 1.17 bits per heavy atom. The maximum absolute atomic E-state index is 13.3. The van der Waals surface area contributed by atoms with Gasteiger partial charge in [0.15, 0.2) is 0 Å². The lowest BCUT2D eigenvalue weighted by Crippen LogP contribution is -2.39. The monoisotopic (exact) mass is 443 g/mol. The molecule has 1 saturated heterocycles. The average molecular weight is 443 g/mol.